The van der Waals surface area contributed by atoms with Gasteiger partial charge in [-0.3, -0.25) is 14.9 Å². The predicted molar refractivity (Wildman–Crippen MR) is 68.8 cm³/mol. The van der Waals surface area contributed by atoms with Gasteiger partial charge < -0.3 is 16.0 Å². The smallest absolute Gasteiger partial charge is 0.292 e. The maximum atomic E-state index is 11.5. The molecule has 7 heteroatoms. The van der Waals surface area contributed by atoms with Crippen LogP contribution >= 0.6 is 0 Å². The predicted octanol–water partition coefficient (Wildman–Crippen LogP) is 0.349. The van der Waals surface area contributed by atoms with Gasteiger partial charge in [-0.25, -0.2) is 0 Å². The molecule has 0 radical (unpaired) electrons. The highest BCUT2D eigenvalue weighted by Gasteiger charge is 2.19. The average Bonchev–Trinajstić information content (AvgIpc) is 2.37. The number of nitrogens with one attached hydrogen (secondary N) is 1. The van der Waals surface area contributed by atoms with Crippen LogP contribution in [-0.4, -0.2) is 38.0 Å². The first-order chi connectivity index (χ1) is 8.51. The highest BCUT2D eigenvalue weighted by Crippen LogP contribution is 2.28. The molecule has 0 aliphatic carbocycles. The first kappa shape index (κ1) is 13.9. The fourth-order valence-electron chi connectivity index (χ4n) is 1.58. The Balaban J connectivity index is 3.23. The maximum absolute atomic E-state index is 11.5. The number of nitro benzene ring substituents is 1. The average molecular weight is 252 g/mol. The van der Waals surface area contributed by atoms with Crippen LogP contribution in [0.5, 0.6) is 0 Å². The van der Waals surface area contributed by atoms with Crippen molar-refractivity contribution in [3.8, 4) is 0 Å². The van der Waals surface area contributed by atoms with Gasteiger partial charge >= 0.3 is 0 Å². The number of nitrogens with zero attached hydrogens (tertiary/aromatic N) is 2. The number of rotatable bonds is 5. The molecule has 98 valence electrons. The van der Waals surface area contributed by atoms with E-state index in [0.29, 0.717) is 24.3 Å². The molecular weight excluding hydrogens is 236 g/mol. The van der Waals surface area contributed by atoms with Gasteiger partial charge in [0.2, 0.25) is 0 Å². The summed E-state index contributed by atoms with van der Waals surface area (Å²) in [5.74, 6) is -0.285. The van der Waals surface area contributed by atoms with Gasteiger partial charge in [-0.2, -0.15) is 0 Å². The van der Waals surface area contributed by atoms with E-state index in [1.54, 1.807) is 11.9 Å². The Morgan fingerprint density at radius 2 is 2.22 bits per heavy atom. The van der Waals surface area contributed by atoms with Gasteiger partial charge in [0.15, 0.2) is 0 Å². The largest absolute Gasteiger partial charge is 0.368 e. The van der Waals surface area contributed by atoms with E-state index in [0.717, 1.165) is 0 Å². The Morgan fingerprint density at radius 3 is 2.72 bits per heavy atom. The molecule has 0 fully saturated rings. The third-order valence-electron chi connectivity index (χ3n) is 2.54. The molecule has 0 bridgehead atoms. The standard InChI is InChI=1S/C11H16N4O3/c1-13-11(16)8-3-4-9(15(17)18)10(7-8)14(2)6-5-12/h3-4,7H,5-6,12H2,1-2H3,(H,13,16). The van der Waals surface area contributed by atoms with Crippen LogP contribution in [0.25, 0.3) is 0 Å². The van der Waals surface area contributed by atoms with Gasteiger partial charge in [0.05, 0.1) is 4.92 Å². The molecule has 0 aliphatic rings. The van der Waals surface area contributed by atoms with E-state index < -0.39 is 4.92 Å². The molecule has 1 rings (SSSR count). The summed E-state index contributed by atoms with van der Waals surface area (Å²) in [6, 6.07) is 4.25. The van der Waals surface area contributed by atoms with E-state index in [9.17, 15) is 14.9 Å². The topological polar surface area (TPSA) is 101 Å². The second kappa shape index (κ2) is 5.97. The Labute approximate surface area is 105 Å². The highest BCUT2D eigenvalue weighted by molar-refractivity contribution is 5.95. The summed E-state index contributed by atoms with van der Waals surface area (Å²) < 4.78 is 0. The summed E-state index contributed by atoms with van der Waals surface area (Å²) in [6.45, 7) is 0.843. The molecule has 1 aromatic carbocycles. The van der Waals surface area contributed by atoms with Crippen LogP contribution in [0.3, 0.4) is 0 Å². The van der Waals surface area contributed by atoms with E-state index in [1.807, 2.05) is 0 Å². The zero-order valence-corrected chi connectivity index (χ0v) is 10.3. The van der Waals surface area contributed by atoms with Crippen molar-refractivity contribution in [2.75, 3.05) is 32.1 Å². The Hall–Kier alpha value is -2.15. The number of nitro groups is 1. The lowest BCUT2D eigenvalue weighted by Crippen LogP contribution is -2.26. The summed E-state index contributed by atoms with van der Waals surface area (Å²) in [6.07, 6.45) is 0. The maximum Gasteiger partial charge on any atom is 0.292 e. The SMILES string of the molecule is CNC(=O)c1ccc([N+](=O)[O-])c(N(C)CCN)c1. The molecule has 0 spiro atoms. The molecule has 1 aromatic rings. The molecule has 18 heavy (non-hydrogen) atoms. The molecule has 0 aromatic heterocycles. The van der Waals surface area contributed by atoms with Crippen molar-refractivity contribution >= 4 is 17.3 Å². The van der Waals surface area contributed by atoms with Crippen LogP contribution in [0.1, 0.15) is 10.4 Å². The number of anilines is 1. The summed E-state index contributed by atoms with van der Waals surface area (Å²) >= 11 is 0. The van der Waals surface area contributed by atoms with Crippen LogP contribution in [-0.2, 0) is 0 Å². The lowest BCUT2D eigenvalue weighted by Gasteiger charge is -2.18. The Bertz CT molecular complexity index is 462. The lowest BCUT2D eigenvalue weighted by atomic mass is 10.1. The van der Waals surface area contributed by atoms with E-state index in [1.165, 1.54) is 25.2 Å². The van der Waals surface area contributed by atoms with E-state index in [2.05, 4.69) is 5.32 Å². The molecule has 0 heterocycles. The van der Waals surface area contributed by atoms with Crippen molar-refractivity contribution in [1.82, 2.24) is 5.32 Å². The van der Waals surface area contributed by atoms with Crippen molar-refractivity contribution in [1.29, 1.82) is 0 Å². The first-order valence-electron chi connectivity index (χ1n) is 5.43. The van der Waals surface area contributed by atoms with E-state index >= 15 is 0 Å². The van der Waals surface area contributed by atoms with Crippen molar-refractivity contribution in [3.05, 3.63) is 33.9 Å². The Kier molecular flexibility index (Phi) is 4.61. The quantitative estimate of drug-likeness (QED) is 0.581. The summed E-state index contributed by atoms with van der Waals surface area (Å²) in [5, 5.41) is 13.4. The van der Waals surface area contributed by atoms with Gasteiger partial charge in [0, 0.05) is 38.8 Å². The monoisotopic (exact) mass is 252 g/mol. The molecule has 3 N–H and O–H groups in total. The zero-order chi connectivity index (χ0) is 13.7. The van der Waals surface area contributed by atoms with Crippen molar-refractivity contribution in [3.63, 3.8) is 0 Å². The number of carbonyl (C=O) groups excluding carboxylic acids is 1. The summed E-state index contributed by atoms with van der Waals surface area (Å²) in [4.78, 5) is 23.6. The molecule has 0 aliphatic heterocycles. The van der Waals surface area contributed by atoms with E-state index in [4.69, 9.17) is 5.73 Å². The van der Waals surface area contributed by atoms with Crippen molar-refractivity contribution in [2.24, 2.45) is 5.73 Å². The fourth-order valence-corrected chi connectivity index (χ4v) is 1.58. The van der Waals surface area contributed by atoms with Crippen LogP contribution in [0.2, 0.25) is 0 Å². The zero-order valence-electron chi connectivity index (χ0n) is 10.3. The number of benzene rings is 1. The van der Waals surface area contributed by atoms with Crippen molar-refractivity contribution in [2.45, 2.75) is 0 Å². The molecule has 0 unspecified atom stereocenters. The molecule has 0 atom stereocenters. The molecular formula is C11H16N4O3. The number of likely N-dealkylation sites (N-methyl/N-ethyl adjacent to an activating group) is 1. The summed E-state index contributed by atoms with van der Waals surface area (Å²) in [7, 11) is 3.20. The van der Waals surface area contributed by atoms with Crippen LogP contribution in [0.15, 0.2) is 18.2 Å². The Morgan fingerprint density at radius 1 is 1.56 bits per heavy atom. The van der Waals surface area contributed by atoms with Crippen LogP contribution in [0.4, 0.5) is 11.4 Å². The minimum absolute atomic E-state index is 0.0430. The third kappa shape index (κ3) is 2.95. The minimum atomic E-state index is -0.476. The van der Waals surface area contributed by atoms with Gasteiger partial charge in [0.1, 0.15) is 5.69 Å². The normalized spacial score (nSPS) is 9.94. The number of amides is 1. The van der Waals surface area contributed by atoms with Gasteiger partial charge in [-0.15, -0.1) is 0 Å². The fraction of sp³-hybridized carbons (Fsp3) is 0.364. The second-order valence-corrected chi connectivity index (χ2v) is 3.75. The molecule has 7 nitrogen and oxygen atoms in total. The van der Waals surface area contributed by atoms with Gasteiger partial charge in [0.25, 0.3) is 11.6 Å². The van der Waals surface area contributed by atoms with Crippen molar-refractivity contribution < 1.29 is 9.72 Å². The third-order valence-corrected chi connectivity index (χ3v) is 2.54. The first-order valence-corrected chi connectivity index (χ1v) is 5.43. The number of nitrogens with two attached hydrogens (primary N) is 1. The molecule has 0 saturated heterocycles. The second-order valence-electron chi connectivity index (χ2n) is 3.75. The number of carbonyl (C=O) groups is 1. The number of hydrogen-bond donors (Lipinski definition) is 2. The summed E-state index contributed by atoms with van der Waals surface area (Å²) in [5.41, 5.74) is 6.14. The minimum Gasteiger partial charge on any atom is -0.368 e. The highest BCUT2D eigenvalue weighted by atomic mass is 16.6. The number of hydrogen-bond acceptors (Lipinski definition) is 5. The van der Waals surface area contributed by atoms with E-state index in [-0.39, 0.29) is 11.6 Å². The van der Waals surface area contributed by atoms with Gasteiger partial charge in [-0.05, 0) is 12.1 Å². The van der Waals surface area contributed by atoms with Crippen LogP contribution < -0.4 is 16.0 Å². The van der Waals surface area contributed by atoms with Crippen LogP contribution in [0, 0.1) is 10.1 Å². The molecule has 0 saturated carbocycles. The lowest BCUT2D eigenvalue weighted by molar-refractivity contribution is -0.384. The molecule has 1 amide bonds. The van der Waals surface area contributed by atoms with Gasteiger partial charge in [-0.1, -0.05) is 0 Å².